The van der Waals surface area contributed by atoms with Gasteiger partial charge in [0.1, 0.15) is 11.9 Å². The Morgan fingerprint density at radius 1 is 1.04 bits per heavy atom. The molecule has 1 N–H and O–H groups in total. The van der Waals surface area contributed by atoms with Crippen LogP contribution in [0, 0.1) is 5.82 Å². The van der Waals surface area contributed by atoms with Gasteiger partial charge in [0, 0.05) is 17.1 Å². The van der Waals surface area contributed by atoms with Crippen molar-refractivity contribution < 1.29 is 14.0 Å². The Labute approximate surface area is 170 Å². The molecule has 28 heavy (non-hydrogen) atoms. The number of amides is 2. The average Bonchev–Trinajstić information content (AvgIpc) is 2.61. The van der Waals surface area contributed by atoms with Gasteiger partial charge in [0.15, 0.2) is 0 Å². The van der Waals surface area contributed by atoms with Crippen LogP contribution in [-0.2, 0) is 22.6 Å². The first-order chi connectivity index (χ1) is 13.0. The van der Waals surface area contributed by atoms with E-state index in [9.17, 15) is 14.0 Å². The first kappa shape index (κ1) is 21.9. The van der Waals surface area contributed by atoms with Gasteiger partial charge in [-0.15, -0.1) is 0 Å². The van der Waals surface area contributed by atoms with Crippen LogP contribution in [0.5, 0.6) is 0 Å². The molecule has 0 spiro atoms. The molecule has 0 radical (unpaired) electrons. The zero-order valence-corrected chi connectivity index (χ0v) is 17.4. The van der Waals surface area contributed by atoms with Gasteiger partial charge in [-0.3, -0.25) is 9.59 Å². The van der Waals surface area contributed by atoms with E-state index in [0.717, 1.165) is 5.56 Å². The lowest BCUT2D eigenvalue weighted by Crippen LogP contribution is -2.52. The number of halogens is 2. The molecule has 0 saturated heterocycles. The Bertz CT molecular complexity index is 814. The number of hydrogen-bond acceptors (Lipinski definition) is 2. The molecule has 150 valence electrons. The van der Waals surface area contributed by atoms with Gasteiger partial charge in [-0.05, 0) is 63.1 Å². The van der Waals surface area contributed by atoms with Crippen molar-refractivity contribution in [2.24, 2.45) is 0 Å². The second kappa shape index (κ2) is 9.20. The van der Waals surface area contributed by atoms with Crippen molar-refractivity contribution >= 4 is 23.4 Å². The first-order valence-corrected chi connectivity index (χ1v) is 9.53. The third-order valence-electron chi connectivity index (χ3n) is 4.20. The maximum atomic E-state index is 13.1. The highest BCUT2D eigenvalue weighted by Crippen LogP contribution is 2.16. The molecular formula is C22H26ClFN2O2. The highest BCUT2D eigenvalue weighted by molar-refractivity contribution is 6.30. The summed E-state index contributed by atoms with van der Waals surface area (Å²) in [6, 6.07) is 12.3. The minimum Gasteiger partial charge on any atom is -0.350 e. The van der Waals surface area contributed by atoms with Crippen molar-refractivity contribution in [1.82, 2.24) is 10.2 Å². The number of hydrogen-bond donors (Lipinski definition) is 1. The first-order valence-electron chi connectivity index (χ1n) is 9.15. The van der Waals surface area contributed by atoms with Crippen molar-refractivity contribution in [2.45, 2.75) is 52.2 Å². The van der Waals surface area contributed by atoms with Gasteiger partial charge in [0.05, 0.1) is 6.42 Å². The van der Waals surface area contributed by atoms with Gasteiger partial charge in [-0.25, -0.2) is 4.39 Å². The third-order valence-corrected chi connectivity index (χ3v) is 4.45. The SMILES string of the molecule is C[C@H](C(=O)NC(C)(C)C)N(Cc1ccc(Cl)cc1)C(=O)Cc1ccc(F)cc1. The summed E-state index contributed by atoms with van der Waals surface area (Å²) in [5.41, 5.74) is 1.15. The van der Waals surface area contributed by atoms with Gasteiger partial charge in [-0.1, -0.05) is 35.9 Å². The fourth-order valence-electron chi connectivity index (χ4n) is 2.72. The molecule has 2 rings (SSSR count). The molecule has 2 amide bonds. The van der Waals surface area contributed by atoms with E-state index in [0.29, 0.717) is 10.6 Å². The highest BCUT2D eigenvalue weighted by atomic mass is 35.5. The second-order valence-corrected chi connectivity index (χ2v) is 8.30. The van der Waals surface area contributed by atoms with Crippen LogP contribution in [-0.4, -0.2) is 28.3 Å². The lowest BCUT2D eigenvalue weighted by molar-refractivity contribution is -0.140. The molecule has 4 nitrogen and oxygen atoms in total. The van der Waals surface area contributed by atoms with E-state index >= 15 is 0 Å². The molecule has 0 aliphatic heterocycles. The van der Waals surface area contributed by atoms with Crippen LogP contribution in [0.25, 0.3) is 0 Å². The van der Waals surface area contributed by atoms with Gasteiger partial charge >= 0.3 is 0 Å². The van der Waals surface area contributed by atoms with Gasteiger partial charge in [0.25, 0.3) is 0 Å². The summed E-state index contributed by atoms with van der Waals surface area (Å²) < 4.78 is 13.1. The van der Waals surface area contributed by atoms with Gasteiger partial charge < -0.3 is 10.2 Å². The minimum atomic E-state index is -0.664. The van der Waals surface area contributed by atoms with Gasteiger partial charge in [-0.2, -0.15) is 0 Å². The minimum absolute atomic E-state index is 0.0843. The van der Waals surface area contributed by atoms with Crippen LogP contribution in [0.1, 0.15) is 38.8 Å². The summed E-state index contributed by atoms with van der Waals surface area (Å²) in [6.07, 6.45) is 0.0843. The van der Waals surface area contributed by atoms with Crippen LogP contribution >= 0.6 is 11.6 Å². The Hall–Kier alpha value is -2.40. The smallest absolute Gasteiger partial charge is 0.242 e. The van der Waals surface area contributed by atoms with Crippen molar-refractivity contribution in [2.75, 3.05) is 0 Å². The van der Waals surface area contributed by atoms with E-state index in [4.69, 9.17) is 11.6 Å². The van der Waals surface area contributed by atoms with E-state index in [1.807, 2.05) is 32.9 Å². The van der Waals surface area contributed by atoms with Crippen molar-refractivity contribution in [3.05, 3.63) is 70.5 Å². The van der Waals surface area contributed by atoms with Crippen molar-refractivity contribution in [3.63, 3.8) is 0 Å². The largest absolute Gasteiger partial charge is 0.350 e. The maximum absolute atomic E-state index is 13.1. The molecule has 0 unspecified atom stereocenters. The molecule has 0 saturated carbocycles. The van der Waals surface area contributed by atoms with Crippen molar-refractivity contribution in [3.8, 4) is 0 Å². The highest BCUT2D eigenvalue weighted by Gasteiger charge is 2.28. The summed E-state index contributed by atoms with van der Waals surface area (Å²) in [6.45, 7) is 7.65. The topological polar surface area (TPSA) is 49.4 Å². The Morgan fingerprint density at radius 3 is 2.11 bits per heavy atom. The Morgan fingerprint density at radius 2 is 1.57 bits per heavy atom. The molecule has 0 heterocycles. The van der Waals surface area contributed by atoms with Crippen LogP contribution in [0.15, 0.2) is 48.5 Å². The predicted molar refractivity (Wildman–Crippen MR) is 109 cm³/mol. The fraction of sp³-hybridized carbons (Fsp3) is 0.364. The van der Waals surface area contributed by atoms with Crippen LogP contribution in [0.2, 0.25) is 5.02 Å². The number of rotatable bonds is 6. The van der Waals surface area contributed by atoms with Gasteiger partial charge in [0.2, 0.25) is 11.8 Å². The maximum Gasteiger partial charge on any atom is 0.242 e. The number of benzene rings is 2. The van der Waals surface area contributed by atoms with E-state index in [1.165, 1.54) is 17.0 Å². The number of carbonyl (C=O) groups excluding carboxylic acids is 2. The summed E-state index contributed by atoms with van der Waals surface area (Å²) in [5.74, 6) is -0.792. The number of nitrogens with one attached hydrogen (secondary N) is 1. The zero-order chi connectivity index (χ0) is 20.9. The monoisotopic (exact) mass is 404 g/mol. The summed E-state index contributed by atoms with van der Waals surface area (Å²) in [4.78, 5) is 27.2. The molecular weight excluding hydrogens is 379 g/mol. The summed E-state index contributed by atoms with van der Waals surface area (Å²) >= 11 is 5.94. The number of nitrogens with zero attached hydrogens (tertiary/aromatic N) is 1. The molecule has 0 aliphatic carbocycles. The fourth-order valence-corrected chi connectivity index (χ4v) is 2.85. The third kappa shape index (κ3) is 6.64. The lowest BCUT2D eigenvalue weighted by Gasteiger charge is -2.31. The average molecular weight is 405 g/mol. The van der Waals surface area contributed by atoms with Crippen molar-refractivity contribution in [1.29, 1.82) is 0 Å². The van der Waals surface area contributed by atoms with Crippen LogP contribution in [0.4, 0.5) is 4.39 Å². The van der Waals surface area contributed by atoms with E-state index in [1.54, 1.807) is 31.2 Å². The van der Waals surface area contributed by atoms with E-state index in [2.05, 4.69) is 5.32 Å². The summed E-state index contributed by atoms with van der Waals surface area (Å²) in [5, 5.41) is 3.52. The second-order valence-electron chi connectivity index (χ2n) is 7.87. The molecule has 0 aromatic heterocycles. The summed E-state index contributed by atoms with van der Waals surface area (Å²) in [7, 11) is 0. The quantitative estimate of drug-likeness (QED) is 0.777. The molecule has 0 aliphatic rings. The Kier molecular flexibility index (Phi) is 7.19. The van der Waals surface area contributed by atoms with E-state index < -0.39 is 11.6 Å². The lowest BCUT2D eigenvalue weighted by atomic mass is 10.1. The standard InChI is InChI=1S/C22H26ClFN2O2/c1-15(21(28)25-22(2,3)4)26(14-17-5-9-18(23)10-6-17)20(27)13-16-7-11-19(24)12-8-16/h5-12,15H,13-14H2,1-4H3,(H,25,28)/t15-/m1/s1. The molecule has 0 fully saturated rings. The molecule has 1 atom stereocenters. The van der Waals surface area contributed by atoms with Crippen LogP contribution in [0.3, 0.4) is 0 Å². The van der Waals surface area contributed by atoms with E-state index in [-0.39, 0.29) is 30.6 Å². The Balaban J connectivity index is 2.23. The number of carbonyl (C=O) groups is 2. The molecule has 2 aromatic carbocycles. The molecule has 6 heteroatoms. The molecule has 2 aromatic rings. The zero-order valence-electron chi connectivity index (χ0n) is 16.6. The predicted octanol–water partition coefficient (Wildman–Crippen LogP) is 4.35. The normalized spacial score (nSPS) is 12.4. The van der Waals surface area contributed by atoms with Crippen LogP contribution < -0.4 is 5.32 Å². The molecule has 0 bridgehead atoms.